The van der Waals surface area contributed by atoms with Gasteiger partial charge in [-0.1, -0.05) is 91.6 Å². The number of carboxylic acid groups (broad SMARTS) is 1. The first-order valence-electron chi connectivity index (χ1n) is 19.1. The lowest BCUT2D eigenvalue weighted by Gasteiger charge is -2.34. The highest BCUT2D eigenvalue weighted by atomic mass is 32.1. The molecule has 3 rings (SSSR count). The molecule has 294 valence electrons. The maximum absolute atomic E-state index is 13.9. The van der Waals surface area contributed by atoms with E-state index < -0.39 is 48.0 Å². The zero-order chi connectivity index (χ0) is 39.2. The number of piperidine rings is 1. The summed E-state index contributed by atoms with van der Waals surface area (Å²) in [4.78, 5) is 72.3. The molecular formula is C40H61N5O7S. The van der Waals surface area contributed by atoms with Gasteiger partial charge in [0.25, 0.3) is 5.91 Å². The highest BCUT2D eigenvalue weighted by Crippen LogP contribution is 2.30. The number of esters is 1. The van der Waals surface area contributed by atoms with Crippen LogP contribution >= 0.6 is 11.3 Å². The number of benzene rings is 1. The van der Waals surface area contributed by atoms with Gasteiger partial charge in [-0.25, -0.2) is 4.98 Å². The van der Waals surface area contributed by atoms with E-state index in [1.54, 1.807) is 12.3 Å². The summed E-state index contributed by atoms with van der Waals surface area (Å²) in [5.74, 6) is -3.06. The zero-order valence-corrected chi connectivity index (χ0v) is 33.5. The molecule has 1 aliphatic rings. The minimum absolute atomic E-state index is 0.0548. The van der Waals surface area contributed by atoms with E-state index in [1.807, 2.05) is 83.8 Å². The SMILES string of the molecule is CC[C@H](C)[C@H](NC(=O)[C@H]1CCCCN1C)C(=O)N[C@H](C[C@@H](OC(=O)CC(C)C)c1nc(C(=O)N[C@@H](Cc2ccccc2)C[C@H](C)C(=O)O)cs1)C(C)C. The highest BCUT2D eigenvalue weighted by molar-refractivity contribution is 7.09. The Kier molecular flexibility index (Phi) is 17.4. The van der Waals surface area contributed by atoms with Gasteiger partial charge in [0.05, 0.1) is 12.0 Å². The van der Waals surface area contributed by atoms with Crippen LogP contribution in [0, 0.1) is 23.7 Å². The van der Waals surface area contributed by atoms with Crippen molar-refractivity contribution in [3.8, 4) is 0 Å². The van der Waals surface area contributed by atoms with Crippen LogP contribution in [-0.4, -0.2) is 82.4 Å². The number of amides is 3. The molecule has 1 aromatic heterocycles. The van der Waals surface area contributed by atoms with Gasteiger partial charge < -0.3 is 25.8 Å². The van der Waals surface area contributed by atoms with Gasteiger partial charge in [-0.05, 0) is 62.6 Å². The van der Waals surface area contributed by atoms with E-state index in [1.165, 1.54) is 11.3 Å². The van der Waals surface area contributed by atoms with E-state index in [9.17, 15) is 29.1 Å². The number of aliphatic carboxylic acids is 1. The quantitative estimate of drug-likeness (QED) is 0.123. The first-order valence-corrected chi connectivity index (χ1v) is 20.0. The molecule has 0 radical (unpaired) electrons. The van der Waals surface area contributed by atoms with Crippen molar-refractivity contribution in [3.63, 3.8) is 0 Å². The molecule has 7 atom stereocenters. The number of likely N-dealkylation sites (tertiary alicyclic amines) is 1. The van der Waals surface area contributed by atoms with Gasteiger partial charge >= 0.3 is 11.9 Å². The molecule has 4 N–H and O–H groups in total. The predicted octanol–water partition coefficient (Wildman–Crippen LogP) is 5.77. The van der Waals surface area contributed by atoms with E-state index in [0.29, 0.717) is 17.8 Å². The molecule has 1 saturated heterocycles. The van der Waals surface area contributed by atoms with Crippen molar-refractivity contribution >= 4 is 41.0 Å². The largest absolute Gasteiger partial charge is 0.481 e. The van der Waals surface area contributed by atoms with Gasteiger partial charge in [0.1, 0.15) is 16.7 Å². The number of nitrogens with one attached hydrogen (secondary N) is 3. The van der Waals surface area contributed by atoms with Crippen molar-refractivity contribution in [2.24, 2.45) is 23.7 Å². The fourth-order valence-electron chi connectivity index (χ4n) is 6.52. The lowest BCUT2D eigenvalue weighted by Crippen LogP contribution is -2.57. The van der Waals surface area contributed by atoms with Crippen molar-refractivity contribution in [2.75, 3.05) is 13.6 Å². The number of hydrogen-bond donors (Lipinski definition) is 4. The lowest BCUT2D eigenvalue weighted by molar-refractivity contribution is -0.151. The van der Waals surface area contributed by atoms with Crippen molar-refractivity contribution in [3.05, 3.63) is 52.0 Å². The van der Waals surface area contributed by atoms with Gasteiger partial charge in [0, 0.05) is 30.3 Å². The monoisotopic (exact) mass is 755 g/mol. The second-order valence-electron chi connectivity index (χ2n) is 15.4. The smallest absolute Gasteiger partial charge is 0.306 e. The highest BCUT2D eigenvalue weighted by Gasteiger charge is 2.35. The van der Waals surface area contributed by atoms with Crippen molar-refractivity contribution in [2.45, 2.75) is 130 Å². The van der Waals surface area contributed by atoms with E-state index in [-0.39, 0.29) is 60.6 Å². The number of carbonyl (C=O) groups is 5. The molecule has 1 aliphatic heterocycles. The van der Waals surface area contributed by atoms with Gasteiger partial charge in [-0.3, -0.25) is 28.9 Å². The van der Waals surface area contributed by atoms with Crippen molar-refractivity contribution < 1.29 is 33.8 Å². The number of ether oxygens (including phenoxy) is 1. The third kappa shape index (κ3) is 13.8. The average Bonchev–Trinajstić information content (AvgIpc) is 3.60. The van der Waals surface area contributed by atoms with Crippen LogP contribution in [-0.2, 0) is 30.3 Å². The number of aromatic nitrogens is 1. The number of thiazole rings is 1. The van der Waals surface area contributed by atoms with E-state index in [4.69, 9.17) is 4.74 Å². The molecule has 1 aromatic carbocycles. The van der Waals surface area contributed by atoms with Crippen molar-refractivity contribution in [1.82, 2.24) is 25.8 Å². The molecule has 12 nitrogen and oxygen atoms in total. The Hall–Kier alpha value is -3.84. The first-order chi connectivity index (χ1) is 25.1. The van der Waals surface area contributed by atoms with Gasteiger partial charge in [0.2, 0.25) is 11.8 Å². The molecule has 1 fully saturated rings. The first kappa shape index (κ1) is 43.6. The average molecular weight is 756 g/mol. The molecule has 0 saturated carbocycles. The summed E-state index contributed by atoms with van der Waals surface area (Å²) in [6.45, 7) is 14.2. The van der Waals surface area contributed by atoms with Gasteiger partial charge in [-0.2, -0.15) is 0 Å². The Bertz CT molecular complexity index is 1500. The normalized spacial score (nSPS) is 18.3. The summed E-state index contributed by atoms with van der Waals surface area (Å²) < 4.78 is 6.01. The number of rotatable bonds is 20. The fraction of sp³-hybridized carbons (Fsp3) is 0.650. The standard InChI is InChI=1S/C40H61N5O7S/c1-9-26(6)35(44-37(48)32-17-13-14-18-45(32)8)38(49)42-30(25(4)5)22-33(52-34(46)19-24(2)3)39-43-31(23-53-39)36(47)41-29(20-27(7)40(50)51)21-28-15-11-10-12-16-28/h10-12,15-16,23-27,29-30,32-33,35H,9,13-14,17-22H2,1-8H3,(H,41,47)(H,42,49)(H,44,48)(H,50,51)/t26-,27-,29+,30+,32+,33+,35-/m0/s1. The van der Waals surface area contributed by atoms with Crippen LogP contribution in [0.15, 0.2) is 35.7 Å². The van der Waals surface area contributed by atoms with Crippen molar-refractivity contribution in [1.29, 1.82) is 0 Å². The lowest BCUT2D eigenvalue weighted by atomic mass is 9.94. The molecule has 0 spiro atoms. The van der Waals surface area contributed by atoms with Crippen LogP contribution in [0.5, 0.6) is 0 Å². The molecular weight excluding hydrogens is 695 g/mol. The van der Waals surface area contributed by atoms with Crippen LogP contribution < -0.4 is 16.0 Å². The molecule has 0 aliphatic carbocycles. The van der Waals surface area contributed by atoms with Gasteiger partial charge in [0.15, 0.2) is 6.10 Å². The van der Waals surface area contributed by atoms with E-state index in [2.05, 4.69) is 20.9 Å². The Balaban J connectivity index is 1.83. The molecule has 13 heteroatoms. The van der Waals surface area contributed by atoms with Crippen LogP contribution in [0.25, 0.3) is 0 Å². The second-order valence-corrected chi connectivity index (χ2v) is 16.3. The fourth-order valence-corrected chi connectivity index (χ4v) is 7.36. The summed E-state index contributed by atoms with van der Waals surface area (Å²) in [6.07, 6.45) is 3.67. The Morgan fingerprint density at radius 1 is 0.981 bits per heavy atom. The molecule has 2 heterocycles. The molecule has 3 amide bonds. The Morgan fingerprint density at radius 3 is 2.28 bits per heavy atom. The zero-order valence-electron chi connectivity index (χ0n) is 32.7. The third-order valence-corrected chi connectivity index (χ3v) is 11.0. The minimum Gasteiger partial charge on any atom is -0.481 e. The van der Waals surface area contributed by atoms with Crippen LogP contribution in [0.1, 0.15) is 121 Å². The molecule has 53 heavy (non-hydrogen) atoms. The molecule has 0 bridgehead atoms. The predicted molar refractivity (Wildman–Crippen MR) is 206 cm³/mol. The number of likely N-dealkylation sites (N-methyl/N-ethyl adjacent to an activating group) is 1. The van der Waals surface area contributed by atoms with Crippen LogP contribution in [0.3, 0.4) is 0 Å². The third-order valence-electron chi connectivity index (χ3n) is 10.1. The number of carbonyl (C=O) groups excluding carboxylic acids is 4. The maximum atomic E-state index is 13.9. The molecule has 0 unspecified atom stereocenters. The summed E-state index contributed by atoms with van der Waals surface area (Å²) in [5.41, 5.74) is 1.10. The Morgan fingerprint density at radius 2 is 1.68 bits per heavy atom. The summed E-state index contributed by atoms with van der Waals surface area (Å²) in [6, 6.07) is 7.62. The van der Waals surface area contributed by atoms with Crippen LogP contribution in [0.2, 0.25) is 0 Å². The summed E-state index contributed by atoms with van der Waals surface area (Å²) >= 11 is 1.19. The van der Waals surface area contributed by atoms with E-state index >= 15 is 0 Å². The van der Waals surface area contributed by atoms with Crippen LogP contribution in [0.4, 0.5) is 0 Å². The minimum atomic E-state index is -0.944. The Labute approximate surface area is 319 Å². The summed E-state index contributed by atoms with van der Waals surface area (Å²) in [5, 5.41) is 20.8. The maximum Gasteiger partial charge on any atom is 0.306 e. The van der Waals surface area contributed by atoms with Gasteiger partial charge in [-0.15, -0.1) is 11.3 Å². The number of carboxylic acids is 1. The number of nitrogens with zero attached hydrogens (tertiary/aromatic N) is 2. The summed E-state index contributed by atoms with van der Waals surface area (Å²) in [7, 11) is 1.94. The topological polar surface area (TPSA) is 167 Å². The number of hydrogen-bond acceptors (Lipinski definition) is 9. The second kappa shape index (κ2) is 21.2. The van der Waals surface area contributed by atoms with E-state index in [0.717, 1.165) is 31.4 Å². The molecule has 2 aromatic rings.